The molecule has 1 nitrogen and oxygen atoms in total. The Kier molecular flexibility index (Phi) is 2.79. The van der Waals surface area contributed by atoms with Gasteiger partial charge in [-0.15, -0.1) is 0 Å². The summed E-state index contributed by atoms with van der Waals surface area (Å²) in [4.78, 5) is 0. The third-order valence-electron chi connectivity index (χ3n) is 3.15. The lowest BCUT2D eigenvalue weighted by Gasteiger charge is -2.32. The molecule has 0 heterocycles. The summed E-state index contributed by atoms with van der Waals surface area (Å²) in [5.74, 6) is 1.09. The standard InChI is InChI=1S/C14H18FO/c1-14(2,3)12-8-9(4-5-13(12)15)10-6-11(16)7-10/h4-5,8,11,16H,6-7H2,1-3H3. The van der Waals surface area contributed by atoms with Crippen LogP contribution in [0.3, 0.4) is 0 Å². The second kappa shape index (κ2) is 3.85. The molecule has 0 spiro atoms. The zero-order chi connectivity index (χ0) is 11.9. The van der Waals surface area contributed by atoms with Crippen LogP contribution in [0, 0.1) is 11.7 Å². The molecule has 2 rings (SSSR count). The molecule has 1 aliphatic carbocycles. The van der Waals surface area contributed by atoms with E-state index in [1.54, 1.807) is 0 Å². The first kappa shape index (κ1) is 11.6. The maximum Gasteiger partial charge on any atom is 0.126 e. The lowest BCUT2D eigenvalue weighted by molar-refractivity contribution is 0.118. The van der Waals surface area contributed by atoms with E-state index in [2.05, 4.69) is 0 Å². The fraction of sp³-hybridized carbons (Fsp3) is 0.500. The monoisotopic (exact) mass is 221 g/mol. The van der Waals surface area contributed by atoms with Crippen molar-refractivity contribution in [2.45, 2.75) is 45.1 Å². The number of halogens is 1. The van der Waals surface area contributed by atoms with Crippen LogP contribution in [0.1, 0.15) is 44.7 Å². The minimum Gasteiger partial charge on any atom is -0.393 e. The Morgan fingerprint density at radius 1 is 1.25 bits per heavy atom. The molecule has 87 valence electrons. The van der Waals surface area contributed by atoms with Crippen molar-refractivity contribution in [2.75, 3.05) is 0 Å². The fourth-order valence-corrected chi connectivity index (χ4v) is 2.06. The molecule has 0 bridgehead atoms. The number of aliphatic hydroxyl groups excluding tert-OH is 1. The molecule has 0 aliphatic heterocycles. The van der Waals surface area contributed by atoms with Gasteiger partial charge in [0.2, 0.25) is 0 Å². The highest BCUT2D eigenvalue weighted by Gasteiger charge is 2.30. The van der Waals surface area contributed by atoms with Gasteiger partial charge in [-0.1, -0.05) is 32.9 Å². The largest absolute Gasteiger partial charge is 0.393 e. The average molecular weight is 221 g/mol. The molecule has 0 aromatic heterocycles. The van der Waals surface area contributed by atoms with E-state index in [0.29, 0.717) is 0 Å². The second-order valence-corrected chi connectivity index (χ2v) is 5.61. The first-order valence-electron chi connectivity index (χ1n) is 5.71. The highest BCUT2D eigenvalue weighted by atomic mass is 19.1. The van der Waals surface area contributed by atoms with Gasteiger partial charge < -0.3 is 5.11 Å². The molecule has 1 N–H and O–H groups in total. The Morgan fingerprint density at radius 3 is 2.38 bits per heavy atom. The van der Waals surface area contributed by atoms with Crippen molar-refractivity contribution in [3.8, 4) is 0 Å². The summed E-state index contributed by atoms with van der Waals surface area (Å²) in [5.41, 5.74) is 1.65. The summed E-state index contributed by atoms with van der Waals surface area (Å²) in [6.45, 7) is 6.03. The maximum atomic E-state index is 13.7. The summed E-state index contributed by atoms with van der Waals surface area (Å²) >= 11 is 0. The fourth-order valence-electron chi connectivity index (χ4n) is 2.06. The Bertz CT molecular complexity index is 386. The quantitative estimate of drug-likeness (QED) is 0.772. The Labute approximate surface area is 96.3 Å². The van der Waals surface area contributed by atoms with E-state index in [1.807, 2.05) is 32.9 Å². The van der Waals surface area contributed by atoms with Crippen LogP contribution >= 0.6 is 0 Å². The van der Waals surface area contributed by atoms with Crippen molar-refractivity contribution >= 4 is 0 Å². The Balaban J connectivity index is 2.29. The molecule has 0 amide bonds. The summed E-state index contributed by atoms with van der Waals surface area (Å²) in [6, 6.07) is 5.27. The molecule has 16 heavy (non-hydrogen) atoms. The van der Waals surface area contributed by atoms with E-state index in [0.717, 1.165) is 24.0 Å². The van der Waals surface area contributed by atoms with Crippen molar-refractivity contribution in [2.24, 2.45) is 0 Å². The van der Waals surface area contributed by atoms with Crippen LogP contribution in [0.5, 0.6) is 0 Å². The van der Waals surface area contributed by atoms with Gasteiger partial charge in [0.25, 0.3) is 0 Å². The second-order valence-electron chi connectivity index (χ2n) is 5.61. The van der Waals surface area contributed by atoms with Crippen molar-refractivity contribution in [3.63, 3.8) is 0 Å². The number of hydrogen-bond donors (Lipinski definition) is 1. The average Bonchev–Trinajstić information content (AvgIpc) is 2.12. The first-order valence-corrected chi connectivity index (χ1v) is 5.71. The number of hydrogen-bond acceptors (Lipinski definition) is 1. The number of benzene rings is 1. The van der Waals surface area contributed by atoms with E-state index in [9.17, 15) is 9.50 Å². The molecule has 2 heteroatoms. The highest BCUT2D eigenvalue weighted by Crippen LogP contribution is 2.37. The van der Waals surface area contributed by atoms with Crippen molar-refractivity contribution < 1.29 is 9.50 Å². The first-order chi connectivity index (χ1) is 7.38. The van der Waals surface area contributed by atoms with E-state index in [1.165, 1.54) is 12.0 Å². The zero-order valence-corrected chi connectivity index (χ0v) is 10.0. The van der Waals surface area contributed by atoms with Crippen molar-refractivity contribution in [1.82, 2.24) is 0 Å². The molecular formula is C14H18FO. The molecule has 0 atom stereocenters. The number of rotatable bonds is 1. The van der Waals surface area contributed by atoms with Gasteiger partial charge in [0.15, 0.2) is 0 Å². The summed E-state index contributed by atoms with van der Waals surface area (Å²) < 4.78 is 13.7. The Hall–Kier alpha value is -0.890. The summed E-state index contributed by atoms with van der Waals surface area (Å²) in [7, 11) is 0. The zero-order valence-electron chi connectivity index (χ0n) is 10.0. The van der Waals surface area contributed by atoms with Gasteiger partial charge in [0.1, 0.15) is 5.82 Å². The van der Waals surface area contributed by atoms with E-state index < -0.39 is 0 Å². The number of aliphatic hydroxyl groups is 1. The molecule has 0 saturated heterocycles. The third-order valence-corrected chi connectivity index (χ3v) is 3.15. The molecule has 0 unspecified atom stereocenters. The van der Waals surface area contributed by atoms with Crippen LogP contribution in [-0.4, -0.2) is 11.2 Å². The van der Waals surface area contributed by atoms with Gasteiger partial charge in [-0.25, -0.2) is 4.39 Å². The van der Waals surface area contributed by atoms with Gasteiger partial charge in [-0.05, 0) is 35.4 Å². The minimum atomic E-state index is -0.196. The lowest BCUT2D eigenvalue weighted by atomic mass is 9.75. The molecule has 1 aromatic carbocycles. The van der Waals surface area contributed by atoms with Crippen LogP contribution in [-0.2, 0) is 5.41 Å². The van der Waals surface area contributed by atoms with E-state index in [4.69, 9.17) is 0 Å². The van der Waals surface area contributed by atoms with Gasteiger partial charge in [-0.3, -0.25) is 0 Å². The third kappa shape index (κ3) is 2.12. The maximum absolute atomic E-state index is 13.7. The van der Waals surface area contributed by atoms with Crippen molar-refractivity contribution in [3.05, 3.63) is 41.1 Å². The summed E-state index contributed by atoms with van der Waals surface area (Å²) in [6.07, 6.45) is 1.27. The van der Waals surface area contributed by atoms with Gasteiger partial charge >= 0.3 is 0 Å². The Morgan fingerprint density at radius 2 is 1.88 bits per heavy atom. The van der Waals surface area contributed by atoms with Crippen LogP contribution < -0.4 is 0 Å². The van der Waals surface area contributed by atoms with E-state index in [-0.39, 0.29) is 17.3 Å². The van der Waals surface area contributed by atoms with Crippen LogP contribution in [0.2, 0.25) is 0 Å². The highest BCUT2D eigenvalue weighted by molar-refractivity contribution is 5.40. The topological polar surface area (TPSA) is 20.2 Å². The molecule has 1 saturated carbocycles. The van der Waals surface area contributed by atoms with Gasteiger partial charge in [-0.2, -0.15) is 0 Å². The van der Waals surface area contributed by atoms with Crippen LogP contribution in [0.15, 0.2) is 18.2 Å². The molecule has 1 radical (unpaired) electrons. The predicted molar refractivity (Wildman–Crippen MR) is 62.7 cm³/mol. The SMILES string of the molecule is CC(C)(C)c1cc([C]2CC(O)C2)ccc1F. The molecule has 1 aromatic rings. The summed E-state index contributed by atoms with van der Waals surface area (Å²) in [5, 5.41) is 9.27. The minimum absolute atomic E-state index is 0.142. The van der Waals surface area contributed by atoms with Gasteiger partial charge in [0, 0.05) is 5.92 Å². The van der Waals surface area contributed by atoms with Crippen LogP contribution in [0.4, 0.5) is 4.39 Å². The molecule has 1 aliphatic rings. The molecule has 1 fully saturated rings. The lowest BCUT2D eigenvalue weighted by Crippen LogP contribution is -2.27. The molecular weight excluding hydrogens is 203 g/mol. The van der Waals surface area contributed by atoms with E-state index >= 15 is 0 Å². The van der Waals surface area contributed by atoms with Crippen LogP contribution in [0.25, 0.3) is 0 Å². The van der Waals surface area contributed by atoms with Gasteiger partial charge in [0.05, 0.1) is 6.10 Å². The predicted octanol–water partition coefficient (Wildman–Crippen LogP) is 3.20. The smallest absolute Gasteiger partial charge is 0.126 e. The normalized spacial score (nSPS) is 18.6. The van der Waals surface area contributed by atoms with Crippen molar-refractivity contribution in [1.29, 1.82) is 0 Å².